The average molecular weight is 304 g/mol. The normalized spacial score (nSPS) is 11.6. The monoisotopic (exact) mass is 304 g/mol. The van der Waals surface area contributed by atoms with Crippen LogP contribution >= 0.6 is 0 Å². The number of ether oxygens (including phenoxy) is 1. The Bertz CT molecular complexity index is 689. The number of sulfone groups is 1. The van der Waals surface area contributed by atoms with Gasteiger partial charge in [0.2, 0.25) is 0 Å². The molecule has 1 N–H and O–H groups in total. The van der Waals surface area contributed by atoms with E-state index in [1.54, 1.807) is 0 Å². The second-order valence-electron chi connectivity index (χ2n) is 3.76. The Balaban J connectivity index is 2.40. The Morgan fingerprint density at radius 2 is 2.15 bits per heavy atom. The van der Waals surface area contributed by atoms with Gasteiger partial charge in [0.15, 0.2) is 15.6 Å². The molecule has 0 aliphatic carbocycles. The van der Waals surface area contributed by atoms with Crippen molar-refractivity contribution in [2.45, 2.75) is 11.5 Å². The maximum absolute atomic E-state index is 12.4. The highest BCUT2D eigenvalue weighted by molar-refractivity contribution is 7.90. The first-order valence-electron chi connectivity index (χ1n) is 5.27. The van der Waals surface area contributed by atoms with Crippen LogP contribution in [-0.4, -0.2) is 36.2 Å². The van der Waals surface area contributed by atoms with Crippen molar-refractivity contribution in [2.24, 2.45) is 0 Å². The molecular weight excluding hydrogens is 294 g/mol. The molecule has 0 saturated heterocycles. The van der Waals surface area contributed by atoms with Crippen molar-refractivity contribution in [3.8, 4) is 5.75 Å². The molecule has 0 saturated carbocycles. The predicted octanol–water partition coefficient (Wildman–Crippen LogP) is 1.16. The average Bonchev–Trinajstić information content (AvgIpc) is 2.82. The summed E-state index contributed by atoms with van der Waals surface area (Å²) in [7, 11) is -3.53. The summed E-state index contributed by atoms with van der Waals surface area (Å²) in [5.41, 5.74) is 2.75. The number of halogens is 2. The minimum atomic E-state index is -3.53. The molecule has 0 fully saturated rings. The fourth-order valence-electron chi connectivity index (χ4n) is 1.41. The van der Waals surface area contributed by atoms with Crippen LogP contribution in [0.4, 0.5) is 14.5 Å². The highest BCUT2D eigenvalue weighted by atomic mass is 32.2. The third-order valence-electron chi connectivity index (χ3n) is 2.25. The lowest BCUT2D eigenvalue weighted by molar-refractivity contribution is -0.0495. The van der Waals surface area contributed by atoms with Gasteiger partial charge in [0.05, 0.1) is 10.6 Å². The van der Waals surface area contributed by atoms with E-state index in [0.717, 1.165) is 17.1 Å². The van der Waals surface area contributed by atoms with Crippen LogP contribution in [0, 0.1) is 0 Å². The zero-order chi connectivity index (χ0) is 14.8. The van der Waals surface area contributed by atoms with Crippen LogP contribution in [0.1, 0.15) is 0 Å². The van der Waals surface area contributed by atoms with Gasteiger partial charge in [-0.3, -0.25) is 5.43 Å². The summed E-state index contributed by atoms with van der Waals surface area (Å²) in [6.45, 7) is -3.08. The molecule has 7 nitrogen and oxygen atoms in total. The number of aromatic nitrogens is 3. The molecule has 1 aromatic heterocycles. The molecule has 0 aliphatic rings. The number of nitrogens with one attached hydrogen (secondary N) is 1. The van der Waals surface area contributed by atoms with Gasteiger partial charge in [-0.15, -0.1) is 5.10 Å². The maximum atomic E-state index is 12.4. The van der Waals surface area contributed by atoms with Gasteiger partial charge in [-0.25, -0.2) is 13.4 Å². The van der Waals surface area contributed by atoms with Crippen LogP contribution in [0.25, 0.3) is 0 Å². The van der Waals surface area contributed by atoms with E-state index in [0.29, 0.717) is 0 Å². The van der Waals surface area contributed by atoms with E-state index in [9.17, 15) is 17.2 Å². The van der Waals surface area contributed by atoms with Gasteiger partial charge in [0.1, 0.15) is 12.7 Å². The lowest BCUT2D eigenvalue weighted by Crippen LogP contribution is -2.12. The number of nitrogens with zero attached hydrogens (tertiary/aromatic N) is 3. The summed E-state index contributed by atoms with van der Waals surface area (Å²) in [6, 6.07) is 3.59. The fraction of sp³-hybridized carbons (Fsp3) is 0.200. The van der Waals surface area contributed by atoms with Crippen molar-refractivity contribution in [1.82, 2.24) is 14.9 Å². The van der Waals surface area contributed by atoms with Crippen LogP contribution in [-0.2, 0) is 9.84 Å². The molecule has 2 rings (SSSR count). The predicted molar refractivity (Wildman–Crippen MR) is 65.2 cm³/mol. The van der Waals surface area contributed by atoms with Gasteiger partial charge in [0, 0.05) is 12.3 Å². The molecule has 0 spiro atoms. The summed E-state index contributed by atoms with van der Waals surface area (Å²) >= 11 is 0. The van der Waals surface area contributed by atoms with Gasteiger partial charge in [-0.2, -0.15) is 13.6 Å². The zero-order valence-electron chi connectivity index (χ0n) is 10.2. The van der Waals surface area contributed by atoms with Gasteiger partial charge in [0.25, 0.3) is 0 Å². The summed E-state index contributed by atoms with van der Waals surface area (Å²) < 4.78 is 51.9. The first kappa shape index (κ1) is 14.2. The molecule has 10 heteroatoms. The van der Waals surface area contributed by atoms with E-state index < -0.39 is 16.4 Å². The van der Waals surface area contributed by atoms with Crippen molar-refractivity contribution in [3.05, 3.63) is 30.9 Å². The highest BCUT2D eigenvalue weighted by Crippen LogP contribution is 2.29. The van der Waals surface area contributed by atoms with Gasteiger partial charge < -0.3 is 4.74 Å². The Labute approximate surface area is 113 Å². The Morgan fingerprint density at radius 3 is 2.70 bits per heavy atom. The molecule has 0 radical (unpaired) electrons. The molecule has 108 valence electrons. The number of hydrogen-bond acceptors (Lipinski definition) is 6. The summed E-state index contributed by atoms with van der Waals surface area (Å²) in [6.07, 6.45) is 3.52. The number of benzene rings is 1. The molecule has 0 unspecified atom stereocenters. The minimum Gasteiger partial charge on any atom is -0.433 e. The molecule has 0 amide bonds. The standard InChI is InChI=1S/C10H10F2N4O3S/c1-20(17,18)7-2-3-8(9(4-7)19-10(11)12)15-16-6-13-5-14-16/h2-6,10,15H,1H3. The quantitative estimate of drug-likeness (QED) is 0.892. The summed E-state index contributed by atoms with van der Waals surface area (Å²) in [5.74, 6) is -0.307. The largest absolute Gasteiger partial charge is 0.433 e. The minimum absolute atomic E-state index is 0.128. The SMILES string of the molecule is CS(=O)(=O)c1ccc(Nn2cncn2)c(OC(F)F)c1. The number of alkyl halides is 2. The Hall–Kier alpha value is -2.23. The first-order valence-corrected chi connectivity index (χ1v) is 7.16. The van der Waals surface area contributed by atoms with Crippen molar-refractivity contribution in [2.75, 3.05) is 11.7 Å². The summed E-state index contributed by atoms with van der Waals surface area (Å²) in [5, 5.41) is 3.74. The number of hydrogen-bond donors (Lipinski definition) is 1. The number of rotatable bonds is 5. The van der Waals surface area contributed by atoms with Crippen LogP contribution in [0.15, 0.2) is 35.7 Å². The number of anilines is 1. The van der Waals surface area contributed by atoms with Crippen molar-refractivity contribution < 1.29 is 21.9 Å². The van der Waals surface area contributed by atoms with Crippen molar-refractivity contribution >= 4 is 15.5 Å². The van der Waals surface area contributed by atoms with E-state index in [1.165, 1.54) is 24.8 Å². The second kappa shape index (κ2) is 5.41. The van der Waals surface area contributed by atoms with Crippen LogP contribution in [0.5, 0.6) is 5.75 Å². The lowest BCUT2D eigenvalue weighted by atomic mass is 10.3. The Kier molecular flexibility index (Phi) is 3.84. The molecule has 20 heavy (non-hydrogen) atoms. The van der Waals surface area contributed by atoms with E-state index in [4.69, 9.17) is 0 Å². The topological polar surface area (TPSA) is 86.1 Å². The highest BCUT2D eigenvalue weighted by Gasteiger charge is 2.15. The van der Waals surface area contributed by atoms with Crippen LogP contribution in [0.3, 0.4) is 0 Å². The second-order valence-corrected chi connectivity index (χ2v) is 5.78. The van der Waals surface area contributed by atoms with Gasteiger partial charge in [-0.1, -0.05) is 0 Å². The van der Waals surface area contributed by atoms with E-state index >= 15 is 0 Å². The van der Waals surface area contributed by atoms with Gasteiger partial charge >= 0.3 is 6.61 Å². The smallest absolute Gasteiger partial charge is 0.387 e. The Morgan fingerprint density at radius 1 is 1.40 bits per heavy atom. The van der Waals surface area contributed by atoms with Crippen LogP contribution in [0.2, 0.25) is 0 Å². The molecule has 0 aliphatic heterocycles. The molecule has 1 heterocycles. The molecule has 1 aromatic carbocycles. The van der Waals surface area contributed by atoms with E-state index in [2.05, 4.69) is 20.2 Å². The van der Waals surface area contributed by atoms with Crippen molar-refractivity contribution in [3.63, 3.8) is 0 Å². The van der Waals surface area contributed by atoms with Crippen molar-refractivity contribution in [1.29, 1.82) is 0 Å². The van der Waals surface area contributed by atoms with Gasteiger partial charge in [-0.05, 0) is 12.1 Å². The third-order valence-corrected chi connectivity index (χ3v) is 3.36. The van der Waals surface area contributed by atoms with Crippen LogP contribution < -0.4 is 10.2 Å². The van der Waals surface area contributed by atoms with E-state index in [-0.39, 0.29) is 16.3 Å². The lowest BCUT2D eigenvalue weighted by Gasteiger charge is -2.13. The molecular formula is C10H10F2N4O3S. The summed E-state index contributed by atoms with van der Waals surface area (Å²) in [4.78, 5) is 4.70. The first-order chi connectivity index (χ1) is 9.36. The molecule has 0 atom stereocenters. The molecule has 0 bridgehead atoms. The fourth-order valence-corrected chi connectivity index (χ4v) is 2.04. The maximum Gasteiger partial charge on any atom is 0.387 e. The third kappa shape index (κ3) is 3.41. The molecule has 2 aromatic rings. The van der Waals surface area contributed by atoms with E-state index in [1.807, 2.05) is 0 Å². The zero-order valence-corrected chi connectivity index (χ0v) is 11.0.